The molecule has 1 aliphatic rings. The van der Waals surface area contributed by atoms with Crippen molar-refractivity contribution in [1.82, 2.24) is 10.2 Å². The number of rotatable bonds is 6. The van der Waals surface area contributed by atoms with E-state index < -0.39 is 30.8 Å². The van der Waals surface area contributed by atoms with Gasteiger partial charge in [0.15, 0.2) is 0 Å². The summed E-state index contributed by atoms with van der Waals surface area (Å²) in [5.41, 5.74) is 0. The number of piperidine rings is 1. The molecule has 0 bridgehead atoms. The molecule has 1 N–H and O–H groups in total. The Balaban J connectivity index is 2.58. The van der Waals surface area contributed by atoms with Crippen molar-refractivity contribution in [3.8, 4) is 0 Å². The number of alkyl halides is 4. The highest BCUT2D eigenvalue weighted by Gasteiger charge is 2.44. The standard InChI is InChI=1S/C11H18F4N2O/c1-2-5-16-8-4-3-6-17(9(8)18)7-11(14,15)10(12)13/h8,10,16H,2-7H2,1H3. The van der Waals surface area contributed by atoms with Crippen LogP contribution in [0, 0.1) is 0 Å². The van der Waals surface area contributed by atoms with Gasteiger partial charge in [0.2, 0.25) is 5.91 Å². The molecule has 1 aliphatic heterocycles. The summed E-state index contributed by atoms with van der Waals surface area (Å²) in [6.07, 6.45) is -1.81. The van der Waals surface area contributed by atoms with E-state index in [9.17, 15) is 22.4 Å². The normalized spacial score (nSPS) is 21.8. The molecule has 106 valence electrons. The number of nitrogens with zero attached hydrogens (tertiary/aromatic N) is 1. The van der Waals surface area contributed by atoms with Crippen molar-refractivity contribution in [2.45, 2.75) is 44.6 Å². The molecule has 1 fully saturated rings. The summed E-state index contributed by atoms with van der Waals surface area (Å²) in [6.45, 7) is 1.44. The summed E-state index contributed by atoms with van der Waals surface area (Å²) < 4.78 is 50.0. The van der Waals surface area contributed by atoms with Crippen LogP contribution in [-0.2, 0) is 4.79 Å². The highest BCUT2D eigenvalue weighted by molar-refractivity contribution is 5.82. The molecule has 18 heavy (non-hydrogen) atoms. The van der Waals surface area contributed by atoms with E-state index in [0.29, 0.717) is 19.4 Å². The molecule has 1 heterocycles. The number of amides is 1. The topological polar surface area (TPSA) is 32.3 Å². The van der Waals surface area contributed by atoms with Crippen molar-refractivity contribution in [2.24, 2.45) is 0 Å². The molecule has 1 rings (SSSR count). The molecule has 1 atom stereocenters. The van der Waals surface area contributed by atoms with E-state index in [1.165, 1.54) is 0 Å². The second-order valence-corrected chi connectivity index (χ2v) is 4.47. The van der Waals surface area contributed by atoms with Gasteiger partial charge in [0, 0.05) is 6.54 Å². The number of nitrogens with one attached hydrogen (secondary N) is 1. The zero-order chi connectivity index (χ0) is 13.8. The van der Waals surface area contributed by atoms with E-state index in [2.05, 4.69) is 5.32 Å². The van der Waals surface area contributed by atoms with Crippen LogP contribution in [0.15, 0.2) is 0 Å². The predicted octanol–water partition coefficient (Wildman–Crippen LogP) is 1.88. The number of hydrogen-bond donors (Lipinski definition) is 1. The molecule has 0 aromatic rings. The summed E-state index contributed by atoms with van der Waals surface area (Å²) in [5, 5.41) is 2.94. The van der Waals surface area contributed by atoms with Gasteiger partial charge in [-0.05, 0) is 25.8 Å². The molecule has 1 amide bonds. The summed E-state index contributed by atoms with van der Waals surface area (Å²) in [4.78, 5) is 12.7. The Hall–Kier alpha value is -0.850. The van der Waals surface area contributed by atoms with Gasteiger partial charge in [-0.15, -0.1) is 0 Å². The van der Waals surface area contributed by atoms with Crippen molar-refractivity contribution in [3.63, 3.8) is 0 Å². The molecule has 0 saturated carbocycles. The van der Waals surface area contributed by atoms with Gasteiger partial charge in [0.1, 0.15) is 0 Å². The lowest BCUT2D eigenvalue weighted by Gasteiger charge is -2.34. The first-order chi connectivity index (χ1) is 8.38. The Morgan fingerprint density at radius 3 is 2.72 bits per heavy atom. The summed E-state index contributed by atoms with van der Waals surface area (Å²) in [7, 11) is 0. The highest BCUT2D eigenvalue weighted by Crippen LogP contribution is 2.25. The average molecular weight is 270 g/mol. The third-order valence-electron chi connectivity index (χ3n) is 2.89. The second-order valence-electron chi connectivity index (χ2n) is 4.47. The molecule has 1 unspecified atom stereocenters. The first-order valence-electron chi connectivity index (χ1n) is 6.06. The van der Waals surface area contributed by atoms with E-state index in [1.807, 2.05) is 6.92 Å². The lowest BCUT2D eigenvalue weighted by atomic mass is 10.0. The zero-order valence-electron chi connectivity index (χ0n) is 10.3. The van der Waals surface area contributed by atoms with Gasteiger partial charge in [-0.3, -0.25) is 4.79 Å². The average Bonchev–Trinajstić information content (AvgIpc) is 2.30. The minimum Gasteiger partial charge on any atom is -0.335 e. The maximum Gasteiger partial charge on any atom is 0.324 e. The van der Waals surface area contributed by atoms with E-state index in [-0.39, 0.29) is 6.54 Å². The van der Waals surface area contributed by atoms with Crippen LogP contribution in [-0.4, -0.2) is 48.8 Å². The van der Waals surface area contributed by atoms with Gasteiger partial charge in [0.25, 0.3) is 0 Å². The monoisotopic (exact) mass is 270 g/mol. The molecule has 1 saturated heterocycles. The van der Waals surface area contributed by atoms with Crippen molar-refractivity contribution in [1.29, 1.82) is 0 Å². The molecule has 0 aliphatic carbocycles. The number of hydrogen-bond acceptors (Lipinski definition) is 2. The van der Waals surface area contributed by atoms with Crippen LogP contribution in [0.1, 0.15) is 26.2 Å². The molecule has 0 aromatic carbocycles. The fourth-order valence-corrected chi connectivity index (χ4v) is 1.93. The number of carbonyl (C=O) groups is 1. The Bertz CT molecular complexity index is 286. The Kier molecular flexibility index (Phi) is 5.37. The van der Waals surface area contributed by atoms with Crippen LogP contribution in [0.4, 0.5) is 17.6 Å². The molecule has 0 spiro atoms. The summed E-state index contributed by atoms with van der Waals surface area (Å²) >= 11 is 0. The van der Waals surface area contributed by atoms with Gasteiger partial charge in [-0.25, -0.2) is 8.78 Å². The van der Waals surface area contributed by atoms with E-state index in [0.717, 1.165) is 11.3 Å². The first kappa shape index (κ1) is 15.2. The number of carbonyl (C=O) groups excluding carboxylic acids is 1. The van der Waals surface area contributed by atoms with Crippen LogP contribution in [0.5, 0.6) is 0 Å². The molecule has 7 heteroatoms. The Morgan fingerprint density at radius 2 is 2.17 bits per heavy atom. The van der Waals surface area contributed by atoms with Gasteiger partial charge < -0.3 is 10.2 Å². The summed E-state index contributed by atoms with van der Waals surface area (Å²) in [5.74, 6) is -4.64. The van der Waals surface area contributed by atoms with Crippen LogP contribution in [0.2, 0.25) is 0 Å². The Labute approximate surface area is 104 Å². The maximum absolute atomic E-state index is 12.9. The van der Waals surface area contributed by atoms with Gasteiger partial charge in [-0.2, -0.15) is 8.78 Å². The van der Waals surface area contributed by atoms with Gasteiger partial charge in [0.05, 0.1) is 12.6 Å². The third-order valence-corrected chi connectivity index (χ3v) is 2.89. The predicted molar refractivity (Wildman–Crippen MR) is 58.8 cm³/mol. The molecule has 0 radical (unpaired) electrons. The minimum absolute atomic E-state index is 0.117. The van der Waals surface area contributed by atoms with Crippen LogP contribution >= 0.6 is 0 Å². The fraction of sp³-hybridized carbons (Fsp3) is 0.909. The van der Waals surface area contributed by atoms with E-state index in [1.54, 1.807) is 0 Å². The van der Waals surface area contributed by atoms with Crippen molar-refractivity contribution in [2.75, 3.05) is 19.6 Å². The minimum atomic E-state index is -4.14. The van der Waals surface area contributed by atoms with Crippen molar-refractivity contribution in [3.05, 3.63) is 0 Å². The second kappa shape index (κ2) is 6.36. The quantitative estimate of drug-likeness (QED) is 0.747. The van der Waals surface area contributed by atoms with Gasteiger partial charge >= 0.3 is 12.3 Å². The highest BCUT2D eigenvalue weighted by atomic mass is 19.3. The molecular formula is C11H18F4N2O. The van der Waals surface area contributed by atoms with E-state index in [4.69, 9.17) is 0 Å². The van der Waals surface area contributed by atoms with Crippen molar-refractivity contribution >= 4 is 5.91 Å². The maximum atomic E-state index is 12.9. The summed E-state index contributed by atoms with van der Waals surface area (Å²) in [6, 6.07) is -0.521. The number of likely N-dealkylation sites (tertiary alicyclic amines) is 1. The van der Waals surface area contributed by atoms with Crippen LogP contribution in [0.3, 0.4) is 0 Å². The van der Waals surface area contributed by atoms with Crippen LogP contribution < -0.4 is 5.32 Å². The molecular weight excluding hydrogens is 252 g/mol. The first-order valence-corrected chi connectivity index (χ1v) is 6.06. The smallest absolute Gasteiger partial charge is 0.324 e. The van der Waals surface area contributed by atoms with Gasteiger partial charge in [-0.1, -0.05) is 6.92 Å². The lowest BCUT2D eigenvalue weighted by molar-refractivity contribution is -0.160. The lowest BCUT2D eigenvalue weighted by Crippen LogP contribution is -2.54. The Morgan fingerprint density at radius 1 is 1.50 bits per heavy atom. The fourth-order valence-electron chi connectivity index (χ4n) is 1.93. The van der Waals surface area contributed by atoms with E-state index >= 15 is 0 Å². The molecule has 0 aromatic heterocycles. The number of halogens is 4. The largest absolute Gasteiger partial charge is 0.335 e. The molecule has 3 nitrogen and oxygen atoms in total. The van der Waals surface area contributed by atoms with Crippen LogP contribution in [0.25, 0.3) is 0 Å². The third kappa shape index (κ3) is 3.83. The zero-order valence-corrected chi connectivity index (χ0v) is 10.3. The van der Waals surface area contributed by atoms with Crippen molar-refractivity contribution < 1.29 is 22.4 Å². The SMILES string of the molecule is CCCNC1CCCN(CC(F)(F)C(F)F)C1=O.